The number of hydrogen-bond donors (Lipinski definition) is 2. The van der Waals surface area contributed by atoms with Crippen LogP contribution in [0.4, 0.5) is 48.3 Å². The number of alkyl halides is 10. The molecule has 0 saturated heterocycles. The summed E-state index contributed by atoms with van der Waals surface area (Å²) in [6.45, 7) is 0.199. The van der Waals surface area contributed by atoms with E-state index in [1.54, 1.807) is 12.1 Å². The number of amides is 1. The smallest absolute Gasteiger partial charge is 0.458 e. The molecule has 222 valence electrons. The van der Waals surface area contributed by atoms with Crippen LogP contribution >= 0.6 is 0 Å². The molecule has 1 amide bonds. The number of rotatable bonds is 7. The predicted octanol–water partition coefficient (Wildman–Crippen LogP) is 7.49. The zero-order valence-corrected chi connectivity index (χ0v) is 20.3. The Morgan fingerprint density at radius 2 is 1.00 bits per heavy atom. The Kier molecular flexibility index (Phi) is 10.1. The molecule has 0 saturated carbocycles. The number of carbonyl (C=O) groups is 2. The first kappa shape index (κ1) is 33.0. The van der Waals surface area contributed by atoms with Gasteiger partial charge in [0.2, 0.25) is 0 Å². The van der Waals surface area contributed by atoms with E-state index >= 15 is 0 Å². The maximum atomic E-state index is 13.2. The van der Waals surface area contributed by atoms with Crippen molar-refractivity contribution in [2.45, 2.75) is 30.6 Å². The highest BCUT2D eigenvalue weighted by atomic mass is 19.4. The van der Waals surface area contributed by atoms with E-state index in [2.05, 4.69) is 5.32 Å². The van der Waals surface area contributed by atoms with Gasteiger partial charge in [0.05, 0.1) is 5.56 Å². The highest BCUT2D eigenvalue weighted by molar-refractivity contribution is 5.94. The number of benzene rings is 3. The molecule has 0 spiro atoms. The van der Waals surface area contributed by atoms with Crippen molar-refractivity contribution >= 4 is 11.9 Å². The second kappa shape index (κ2) is 12.6. The molecular formula is C26H18F11NO3. The molecule has 4 nitrogen and oxygen atoms in total. The Labute approximate surface area is 224 Å². The summed E-state index contributed by atoms with van der Waals surface area (Å²) in [5, 5.41) is 10.9. The van der Waals surface area contributed by atoms with Gasteiger partial charge in [0.25, 0.3) is 5.91 Å². The second-order valence-corrected chi connectivity index (χ2v) is 8.24. The number of halogens is 11. The van der Waals surface area contributed by atoms with Crippen molar-refractivity contribution in [3.8, 4) is 0 Å². The number of carbonyl (C=O) groups excluding carboxylic acids is 1. The van der Waals surface area contributed by atoms with Crippen molar-refractivity contribution in [1.29, 1.82) is 0 Å². The molecule has 0 atom stereocenters. The third kappa shape index (κ3) is 8.41. The van der Waals surface area contributed by atoms with E-state index in [1.807, 2.05) is 0 Å². The van der Waals surface area contributed by atoms with E-state index in [1.165, 1.54) is 12.1 Å². The van der Waals surface area contributed by atoms with Gasteiger partial charge in [-0.1, -0.05) is 36.4 Å². The lowest BCUT2D eigenvalue weighted by Crippen LogP contribution is -2.33. The average molecular weight is 601 g/mol. The van der Waals surface area contributed by atoms with Gasteiger partial charge in [-0.2, -0.15) is 43.9 Å². The molecule has 0 bridgehead atoms. The fourth-order valence-corrected chi connectivity index (χ4v) is 3.05. The van der Waals surface area contributed by atoms with Crippen LogP contribution in [0.25, 0.3) is 0 Å². The first-order valence-corrected chi connectivity index (χ1v) is 11.1. The van der Waals surface area contributed by atoms with Crippen LogP contribution in [0, 0.1) is 5.82 Å². The molecule has 41 heavy (non-hydrogen) atoms. The van der Waals surface area contributed by atoms with Crippen LogP contribution in [0.15, 0.2) is 72.8 Å². The fraction of sp³-hybridized carbons (Fsp3) is 0.231. The summed E-state index contributed by atoms with van der Waals surface area (Å²) in [4.78, 5) is 22.2. The summed E-state index contributed by atoms with van der Waals surface area (Å²) in [6, 6.07) is 10.9. The minimum Gasteiger partial charge on any atom is -0.478 e. The normalized spacial score (nSPS) is 12.3. The van der Waals surface area contributed by atoms with Crippen LogP contribution in [0.5, 0.6) is 0 Å². The summed E-state index contributed by atoms with van der Waals surface area (Å²) >= 11 is 0. The summed E-state index contributed by atoms with van der Waals surface area (Å²) in [5.74, 6) is -12.4. The SMILES string of the molecule is O=C(NCCc1ccc(F)cc1)c1ccc(C(F)(F)C(F)(F)F)cc1.O=C(O)c1ccc(C(F)(F)C(F)(F)F)cc1. The summed E-state index contributed by atoms with van der Waals surface area (Å²) in [6.07, 6.45) is -11.0. The molecule has 0 fully saturated rings. The Morgan fingerprint density at radius 1 is 0.610 bits per heavy atom. The molecule has 2 N–H and O–H groups in total. The van der Waals surface area contributed by atoms with Crippen molar-refractivity contribution in [3.63, 3.8) is 0 Å². The molecule has 0 unspecified atom stereocenters. The molecule has 3 aromatic rings. The third-order valence-corrected chi connectivity index (χ3v) is 5.33. The monoisotopic (exact) mass is 601 g/mol. The molecular weight excluding hydrogens is 583 g/mol. The molecule has 0 aliphatic carbocycles. The summed E-state index contributed by atoms with van der Waals surface area (Å²) in [5.41, 5.74) is -2.14. The summed E-state index contributed by atoms with van der Waals surface area (Å²) < 4.78 is 137. The lowest BCUT2D eigenvalue weighted by Gasteiger charge is -2.19. The average Bonchev–Trinajstić information content (AvgIpc) is 2.89. The van der Waals surface area contributed by atoms with Crippen LogP contribution in [-0.4, -0.2) is 35.9 Å². The van der Waals surface area contributed by atoms with Gasteiger partial charge in [-0.05, 0) is 48.4 Å². The Morgan fingerprint density at radius 3 is 1.37 bits per heavy atom. The Bertz CT molecular complexity index is 1320. The van der Waals surface area contributed by atoms with Crippen molar-refractivity contribution in [3.05, 3.63) is 106 Å². The molecule has 0 aliphatic rings. The first-order chi connectivity index (χ1) is 18.8. The molecule has 0 heterocycles. The van der Waals surface area contributed by atoms with Crippen LogP contribution in [0.1, 0.15) is 37.4 Å². The molecule has 0 aliphatic heterocycles. The van der Waals surface area contributed by atoms with Gasteiger partial charge < -0.3 is 10.4 Å². The molecule has 3 aromatic carbocycles. The largest absolute Gasteiger partial charge is 0.478 e. The maximum absolute atomic E-state index is 13.2. The minimum atomic E-state index is -5.70. The standard InChI is InChI=1S/C17H13F6NO.C9H5F5O2/c18-14-7-1-11(2-8-14)9-10-24-15(25)12-3-5-13(6-4-12)16(19,20)17(21,22)23;10-8(11,9(12,13)14)6-3-1-5(2-4-6)7(15)16/h1-8H,9-10H2,(H,24,25);1-4H,(H,15,16). The van der Waals surface area contributed by atoms with E-state index in [0.29, 0.717) is 42.8 Å². The lowest BCUT2D eigenvalue weighted by atomic mass is 10.1. The van der Waals surface area contributed by atoms with Gasteiger partial charge in [-0.3, -0.25) is 4.79 Å². The second-order valence-electron chi connectivity index (χ2n) is 8.24. The van der Waals surface area contributed by atoms with Crippen molar-refractivity contribution in [1.82, 2.24) is 5.32 Å². The van der Waals surface area contributed by atoms with Gasteiger partial charge in [0.1, 0.15) is 5.82 Å². The van der Waals surface area contributed by atoms with Gasteiger partial charge in [0.15, 0.2) is 0 Å². The topological polar surface area (TPSA) is 66.4 Å². The van der Waals surface area contributed by atoms with Crippen molar-refractivity contribution in [2.75, 3.05) is 6.54 Å². The van der Waals surface area contributed by atoms with Crippen molar-refractivity contribution in [2.24, 2.45) is 0 Å². The lowest BCUT2D eigenvalue weighted by molar-refractivity contribution is -0.289. The minimum absolute atomic E-state index is 0.0409. The fourth-order valence-electron chi connectivity index (χ4n) is 3.05. The Balaban J connectivity index is 0.000000317. The third-order valence-electron chi connectivity index (χ3n) is 5.33. The van der Waals surface area contributed by atoms with E-state index in [0.717, 1.165) is 17.7 Å². The summed E-state index contributed by atoms with van der Waals surface area (Å²) in [7, 11) is 0. The van der Waals surface area contributed by atoms with Crippen LogP contribution in [0.3, 0.4) is 0 Å². The molecule has 3 rings (SSSR count). The van der Waals surface area contributed by atoms with Gasteiger partial charge >= 0.3 is 30.2 Å². The molecule has 0 radical (unpaired) electrons. The van der Waals surface area contributed by atoms with Crippen LogP contribution in [0.2, 0.25) is 0 Å². The highest BCUT2D eigenvalue weighted by Gasteiger charge is 2.59. The van der Waals surface area contributed by atoms with Gasteiger partial charge in [-0.15, -0.1) is 0 Å². The van der Waals surface area contributed by atoms with Crippen molar-refractivity contribution < 1.29 is 63.0 Å². The van der Waals surface area contributed by atoms with Gasteiger partial charge in [-0.25, -0.2) is 9.18 Å². The molecule has 0 aromatic heterocycles. The zero-order chi connectivity index (χ0) is 31.2. The quantitative estimate of drug-likeness (QED) is 0.276. The number of carboxylic acids is 1. The van der Waals surface area contributed by atoms with Gasteiger partial charge in [0, 0.05) is 23.2 Å². The van der Waals surface area contributed by atoms with E-state index in [9.17, 15) is 57.9 Å². The van der Waals surface area contributed by atoms with E-state index < -0.39 is 47.2 Å². The maximum Gasteiger partial charge on any atom is 0.458 e. The number of nitrogens with one attached hydrogen (secondary N) is 1. The van der Waals surface area contributed by atoms with Crippen LogP contribution in [-0.2, 0) is 18.3 Å². The highest BCUT2D eigenvalue weighted by Crippen LogP contribution is 2.44. The number of aromatic carboxylic acids is 1. The predicted molar refractivity (Wildman–Crippen MR) is 122 cm³/mol. The number of carboxylic acid groups (broad SMARTS) is 1. The number of hydrogen-bond acceptors (Lipinski definition) is 2. The van der Waals surface area contributed by atoms with E-state index in [4.69, 9.17) is 5.11 Å². The zero-order valence-electron chi connectivity index (χ0n) is 20.3. The molecule has 15 heteroatoms. The Hall–Kier alpha value is -4.17. The van der Waals surface area contributed by atoms with Crippen LogP contribution < -0.4 is 5.32 Å². The van der Waals surface area contributed by atoms with E-state index in [-0.39, 0.29) is 23.5 Å². The first-order valence-electron chi connectivity index (χ1n) is 11.1.